The van der Waals surface area contributed by atoms with Crippen LogP contribution in [0.15, 0.2) is 29.1 Å². The molecule has 1 saturated heterocycles. The van der Waals surface area contributed by atoms with Crippen molar-refractivity contribution in [2.75, 3.05) is 18.1 Å². The number of hydrogen-bond donors (Lipinski definition) is 1. The van der Waals surface area contributed by atoms with Crippen molar-refractivity contribution in [3.8, 4) is 0 Å². The number of esters is 1. The van der Waals surface area contributed by atoms with E-state index in [1.165, 1.54) is 4.68 Å². The first kappa shape index (κ1) is 21.0. The Labute approximate surface area is 168 Å². The maximum Gasteiger partial charge on any atom is 0.359 e. The van der Waals surface area contributed by atoms with Crippen molar-refractivity contribution in [1.82, 2.24) is 15.1 Å². The lowest BCUT2D eigenvalue weighted by Crippen LogP contribution is -2.48. The lowest BCUT2D eigenvalue weighted by molar-refractivity contribution is -0.125. The molecule has 0 bridgehead atoms. The lowest BCUT2D eigenvalue weighted by atomic mass is 10.0. The molecule has 1 N–H and O–H groups in total. The van der Waals surface area contributed by atoms with Gasteiger partial charge in [-0.1, -0.05) is 25.1 Å². The molecule has 1 amide bonds. The van der Waals surface area contributed by atoms with Gasteiger partial charge in [-0.15, -0.1) is 0 Å². The molecule has 1 aromatic heterocycles. The van der Waals surface area contributed by atoms with Crippen LogP contribution < -0.4 is 10.9 Å². The maximum atomic E-state index is 12.6. The number of nitrogens with zero attached hydrogens (tertiary/aromatic N) is 2. The van der Waals surface area contributed by atoms with Crippen molar-refractivity contribution in [1.29, 1.82) is 0 Å². The number of carbonyl (C=O) groups excluding carboxylic acids is 2. The smallest absolute Gasteiger partial charge is 0.359 e. The number of hydrogen-bond acceptors (Lipinski definition) is 7. The van der Waals surface area contributed by atoms with Gasteiger partial charge in [-0.25, -0.2) is 17.9 Å². The van der Waals surface area contributed by atoms with Crippen molar-refractivity contribution >= 4 is 32.5 Å². The fourth-order valence-electron chi connectivity index (χ4n) is 3.43. The average molecular weight is 421 g/mol. The molecule has 0 spiro atoms. The highest BCUT2D eigenvalue weighted by Gasteiger charge is 2.39. The standard InChI is InChI=1S/C19H23N3O6S/c1-3-9-22-17(24)14-7-5-4-6-13(14)16(21-22)18(25)28-11-15(23)20-19(2)8-10-29(26,27)12-19/h4-7H,3,8-12H2,1-2H3,(H,20,23). The fraction of sp³-hybridized carbons (Fsp3) is 0.474. The fourth-order valence-corrected chi connectivity index (χ4v) is 5.52. The average Bonchev–Trinajstić information content (AvgIpc) is 2.94. The molecule has 1 aromatic carbocycles. The molecule has 1 aliphatic heterocycles. The first-order valence-corrected chi connectivity index (χ1v) is 11.1. The third-order valence-electron chi connectivity index (χ3n) is 4.78. The van der Waals surface area contributed by atoms with E-state index in [-0.39, 0.29) is 22.8 Å². The van der Waals surface area contributed by atoms with Gasteiger partial charge in [-0.2, -0.15) is 5.10 Å². The molecule has 29 heavy (non-hydrogen) atoms. The van der Waals surface area contributed by atoms with E-state index in [1.54, 1.807) is 31.2 Å². The zero-order valence-corrected chi connectivity index (χ0v) is 17.1. The maximum absolute atomic E-state index is 12.6. The van der Waals surface area contributed by atoms with E-state index in [4.69, 9.17) is 4.74 Å². The van der Waals surface area contributed by atoms with Crippen LogP contribution in [0, 0.1) is 0 Å². The largest absolute Gasteiger partial charge is 0.451 e. The number of rotatable bonds is 6. The molecule has 1 atom stereocenters. The molecule has 1 aliphatic rings. The number of sulfone groups is 1. The molecule has 0 saturated carbocycles. The minimum Gasteiger partial charge on any atom is -0.451 e. The van der Waals surface area contributed by atoms with Crippen LogP contribution in [0.1, 0.15) is 37.2 Å². The topological polar surface area (TPSA) is 124 Å². The molecule has 3 rings (SSSR count). The van der Waals surface area contributed by atoms with Gasteiger partial charge >= 0.3 is 5.97 Å². The molecule has 156 valence electrons. The van der Waals surface area contributed by atoms with Gasteiger partial charge in [0.15, 0.2) is 22.1 Å². The predicted molar refractivity (Wildman–Crippen MR) is 106 cm³/mol. The summed E-state index contributed by atoms with van der Waals surface area (Å²) >= 11 is 0. The Bertz CT molecular complexity index is 1120. The molecular formula is C19H23N3O6S. The number of ether oxygens (including phenoxy) is 1. The van der Waals surface area contributed by atoms with Crippen LogP contribution in [0.4, 0.5) is 0 Å². The summed E-state index contributed by atoms with van der Waals surface area (Å²) in [6.45, 7) is 3.30. The highest BCUT2D eigenvalue weighted by atomic mass is 32.2. The summed E-state index contributed by atoms with van der Waals surface area (Å²) in [5.41, 5.74) is -1.22. The van der Waals surface area contributed by atoms with Gasteiger partial charge in [0.1, 0.15) is 0 Å². The highest BCUT2D eigenvalue weighted by Crippen LogP contribution is 2.22. The lowest BCUT2D eigenvalue weighted by Gasteiger charge is -2.23. The number of fused-ring (bicyclic) bond motifs is 1. The second kappa shape index (κ2) is 7.94. The zero-order chi connectivity index (χ0) is 21.2. The summed E-state index contributed by atoms with van der Waals surface area (Å²) in [7, 11) is -3.18. The minimum atomic E-state index is -3.18. The summed E-state index contributed by atoms with van der Waals surface area (Å²) < 4.78 is 29.6. The van der Waals surface area contributed by atoms with Gasteiger partial charge in [0.25, 0.3) is 11.5 Å². The monoisotopic (exact) mass is 421 g/mol. The number of carbonyl (C=O) groups is 2. The summed E-state index contributed by atoms with van der Waals surface area (Å²) in [5, 5.41) is 7.44. The molecule has 1 unspecified atom stereocenters. The second-order valence-corrected chi connectivity index (χ2v) is 9.63. The number of aromatic nitrogens is 2. The molecule has 1 fully saturated rings. The van der Waals surface area contributed by atoms with Gasteiger partial charge in [-0.3, -0.25) is 9.59 Å². The number of nitrogens with one attached hydrogen (secondary N) is 1. The first-order chi connectivity index (χ1) is 13.6. The van der Waals surface area contributed by atoms with E-state index < -0.39 is 33.9 Å². The predicted octanol–water partition coefficient (Wildman–Crippen LogP) is 0.657. The highest BCUT2D eigenvalue weighted by molar-refractivity contribution is 7.91. The van der Waals surface area contributed by atoms with Gasteiger partial charge in [0.05, 0.1) is 22.4 Å². The summed E-state index contributed by atoms with van der Waals surface area (Å²) in [4.78, 5) is 37.2. The van der Waals surface area contributed by atoms with Crippen LogP contribution >= 0.6 is 0 Å². The van der Waals surface area contributed by atoms with Crippen LogP contribution in [-0.2, 0) is 25.9 Å². The van der Waals surface area contributed by atoms with Crippen molar-refractivity contribution < 1.29 is 22.7 Å². The van der Waals surface area contributed by atoms with E-state index in [0.717, 1.165) is 0 Å². The third-order valence-corrected chi connectivity index (χ3v) is 6.68. The van der Waals surface area contributed by atoms with Crippen molar-refractivity contribution in [2.45, 2.75) is 38.8 Å². The quantitative estimate of drug-likeness (QED) is 0.679. The van der Waals surface area contributed by atoms with Crippen molar-refractivity contribution in [2.24, 2.45) is 0 Å². The van der Waals surface area contributed by atoms with Gasteiger partial charge in [0, 0.05) is 11.9 Å². The Morgan fingerprint density at radius 2 is 1.97 bits per heavy atom. The molecule has 0 aliphatic carbocycles. The van der Waals surface area contributed by atoms with E-state index >= 15 is 0 Å². The molecule has 2 aromatic rings. The summed E-state index contributed by atoms with van der Waals surface area (Å²) in [5.74, 6) is -1.55. The Kier molecular flexibility index (Phi) is 5.74. The van der Waals surface area contributed by atoms with Crippen LogP contribution in [0.2, 0.25) is 0 Å². The zero-order valence-electron chi connectivity index (χ0n) is 16.3. The molecule has 9 nitrogen and oxygen atoms in total. The van der Waals surface area contributed by atoms with E-state index in [1.807, 2.05) is 6.92 Å². The second-order valence-electron chi connectivity index (χ2n) is 7.45. The third kappa shape index (κ3) is 4.64. The first-order valence-electron chi connectivity index (χ1n) is 9.32. The van der Waals surface area contributed by atoms with Crippen LogP contribution in [0.3, 0.4) is 0 Å². The molecule has 0 radical (unpaired) electrons. The molecule has 2 heterocycles. The molecular weight excluding hydrogens is 398 g/mol. The van der Waals surface area contributed by atoms with E-state index in [2.05, 4.69) is 10.4 Å². The molecule has 10 heteroatoms. The SMILES string of the molecule is CCCn1nc(C(=O)OCC(=O)NC2(C)CCS(=O)(=O)C2)c2ccccc2c1=O. The summed E-state index contributed by atoms with van der Waals surface area (Å²) in [6, 6.07) is 6.58. The Balaban J connectivity index is 1.76. The van der Waals surface area contributed by atoms with Crippen molar-refractivity contribution in [3.05, 3.63) is 40.3 Å². The van der Waals surface area contributed by atoms with Gasteiger partial charge in [0.2, 0.25) is 0 Å². The van der Waals surface area contributed by atoms with Gasteiger partial charge < -0.3 is 10.1 Å². The number of amides is 1. The van der Waals surface area contributed by atoms with E-state index in [9.17, 15) is 22.8 Å². The number of aryl methyl sites for hydroxylation is 1. The Morgan fingerprint density at radius 1 is 1.28 bits per heavy atom. The van der Waals surface area contributed by atoms with Crippen LogP contribution in [-0.4, -0.2) is 53.7 Å². The van der Waals surface area contributed by atoms with Crippen molar-refractivity contribution in [3.63, 3.8) is 0 Å². The Morgan fingerprint density at radius 3 is 2.59 bits per heavy atom. The van der Waals surface area contributed by atoms with Crippen LogP contribution in [0.5, 0.6) is 0 Å². The van der Waals surface area contributed by atoms with Gasteiger partial charge in [-0.05, 0) is 25.8 Å². The summed E-state index contributed by atoms with van der Waals surface area (Å²) in [6.07, 6.45) is 0.965. The number of benzene rings is 1. The van der Waals surface area contributed by atoms with E-state index in [0.29, 0.717) is 30.2 Å². The van der Waals surface area contributed by atoms with Crippen LogP contribution in [0.25, 0.3) is 10.8 Å². The Hall–Kier alpha value is -2.75. The normalized spacial score (nSPS) is 20.5. The minimum absolute atomic E-state index is 0.0124.